The summed E-state index contributed by atoms with van der Waals surface area (Å²) in [4.78, 5) is 8.55. The number of benzene rings is 1. The molecule has 0 aliphatic carbocycles. The predicted molar refractivity (Wildman–Crippen MR) is 69.7 cm³/mol. The molecule has 0 spiro atoms. The highest BCUT2D eigenvalue weighted by atomic mass is 79.9. The van der Waals surface area contributed by atoms with Gasteiger partial charge in [0, 0.05) is 10.6 Å². The van der Waals surface area contributed by atoms with E-state index in [1.165, 1.54) is 0 Å². The molecule has 0 fully saturated rings. The minimum atomic E-state index is 0.737. The van der Waals surface area contributed by atoms with Crippen LogP contribution in [0.25, 0.3) is 11.3 Å². The molecular weight excluding hydrogens is 288 g/mol. The van der Waals surface area contributed by atoms with E-state index in [1.54, 1.807) is 0 Å². The second-order valence-electron chi connectivity index (χ2n) is 3.59. The number of aryl methyl sites for hydroxylation is 2. The largest absolute Gasteiger partial charge is 0.233 e. The molecule has 0 N–H and O–H groups in total. The van der Waals surface area contributed by atoms with E-state index in [-0.39, 0.29) is 0 Å². The van der Waals surface area contributed by atoms with Crippen molar-refractivity contribution in [3.05, 3.63) is 45.3 Å². The highest BCUT2D eigenvalue weighted by molar-refractivity contribution is 9.10. The molecule has 0 bridgehead atoms. The van der Waals surface area contributed by atoms with Crippen LogP contribution in [-0.2, 0) is 0 Å². The third-order valence-corrected chi connectivity index (χ3v) is 3.09. The maximum atomic E-state index is 6.09. The van der Waals surface area contributed by atoms with Crippen molar-refractivity contribution < 1.29 is 0 Å². The zero-order valence-electron chi connectivity index (χ0n) is 8.96. The average Bonchev–Trinajstić information content (AvgIpc) is 2.20. The Morgan fingerprint density at radius 3 is 2.50 bits per heavy atom. The summed E-state index contributed by atoms with van der Waals surface area (Å²) in [6.45, 7) is 3.84. The first kappa shape index (κ1) is 11.6. The molecular formula is C12H10BrClN2. The van der Waals surface area contributed by atoms with Crippen molar-refractivity contribution in [1.29, 1.82) is 0 Å². The Kier molecular flexibility index (Phi) is 3.26. The van der Waals surface area contributed by atoms with Gasteiger partial charge in [0.25, 0.3) is 0 Å². The maximum Gasteiger partial charge on any atom is 0.127 e. The van der Waals surface area contributed by atoms with Gasteiger partial charge in [-0.05, 0) is 47.5 Å². The Bertz CT molecular complexity index is 520. The van der Waals surface area contributed by atoms with Crippen molar-refractivity contribution in [3.8, 4) is 11.3 Å². The molecule has 0 atom stereocenters. The first-order chi connectivity index (χ1) is 7.56. The molecule has 0 amide bonds. The molecule has 4 heteroatoms. The van der Waals surface area contributed by atoms with E-state index in [0.717, 1.165) is 32.3 Å². The van der Waals surface area contributed by atoms with E-state index in [2.05, 4.69) is 25.9 Å². The molecule has 0 radical (unpaired) electrons. The molecule has 16 heavy (non-hydrogen) atoms. The van der Waals surface area contributed by atoms with Gasteiger partial charge >= 0.3 is 0 Å². The van der Waals surface area contributed by atoms with Crippen LogP contribution in [0.4, 0.5) is 0 Å². The van der Waals surface area contributed by atoms with E-state index in [4.69, 9.17) is 11.6 Å². The molecule has 1 aromatic carbocycles. The minimum absolute atomic E-state index is 0.737. The summed E-state index contributed by atoms with van der Waals surface area (Å²) < 4.78 is 0.784. The quantitative estimate of drug-likeness (QED) is 0.738. The van der Waals surface area contributed by atoms with E-state index >= 15 is 0 Å². The predicted octanol–water partition coefficient (Wildman–Crippen LogP) is 4.18. The maximum absolute atomic E-state index is 6.09. The van der Waals surface area contributed by atoms with Gasteiger partial charge in [0.05, 0.1) is 5.69 Å². The number of nitrogens with zero attached hydrogens (tertiary/aromatic N) is 2. The van der Waals surface area contributed by atoms with Crippen molar-refractivity contribution in [1.82, 2.24) is 9.97 Å². The number of hydrogen-bond acceptors (Lipinski definition) is 2. The molecule has 0 aliphatic heterocycles. The third-order valence-electron chi connectivity index (χ3n) is 2.27. The lowest BCUT2D eigenvalue weighted by molar-refractivity contribution is 1.04. The van der Waals surface area contributed by atoms with Gasteiger partial charge in [-0.2, -0.15) is 0 Å². The lowest BCUT2D eigenvalue weighted by atomic mass is 10.1. The van der Waals surface area contributed by atoms with Gasteiger partial charge in [0.2, 0.25) is 0 Å². The zero-order chi connectivity index (χ0) is 11.7. The lowest BCUT2D eigenvalue weighted by Crippen LogP contribution is -1.92. The Morgan fingerprint density at radius 2 is 1.88 bits per heavy atom. The van der Waals surface area contributed by atoms with Crippen LogP contribution in [0.3, 0.4) is 0 Å². The van der Waals surface area contributed by atoms with Gasteiger partial charge in [-0.25, -0.2) is 9.97 Å². The van der Waals surface area contributed by atoms with Crippen molar-refractivity contribution in [2.75, 3.05) is 0 Å². The highest BCUT2D eigenvalue weighted by Gasteiger charge is 2.04. The summed E-state index contributed by atoms with van der Waals surface area (Å²) in [6.07, 6.45) is 0. The molecule has 2 rings (SSSR count). The molecule has 2 nitrogen and oxygen atoms in total. The Balaban J connectivity index is 2.54. The summed E-state index contributed by atoms with van der Waals surface area (Å²) in [6, 6.07) is 7.80. The van der Waals surface area contributed by atoms with Crippen LogP contribution in [0.5, 0.6) is 0 Å². The number of rotatable bonds is 1. The van der Waals surface area contributed by atoms with Gasteiger partial charge in [0.1, 0.15) is 10.4 Å². The van der Waals surface area contributed by atoms with Gasteiger partial charge < -0.3 is 0 Å². The highest BCUT2D eigenvalue weighted by Crippen LogP contribution is 2.25. The molecule has 0 saturated carbocycles. The van der Waals surface area contributed by atoms with E-state index in [0.29, 0.717) is 0 Å². The van der Waals surface area contributed by atoms with Crippen molar-refractivity contribution in [2.24, 2.45) is 0 Å². The molecule has 82 valence electrons. The summed E-state index contributed by atoms with van der Waals surface area (Å²) >= 11 is 9.45. The summed E-state index contributed by atoms with van der Waals surface area (Å²) in [5.41, 5.74) is 2.94. The Morgan fingerprint density at radius 1 is 1.12 bits per heavy atom. The second-order valence-corrected chi connectivity index (χ2v) is 4.81. The van der Waals surface area contributed by atoms with Crippen LogP contribution in [0, 0.1) is 13.8 Å². The topological polar surface area (TPSA) is 25.8 Å². The van der Waals surface area contributed by atoms with Gasteiger partial charge in [-0.1, -0.05) is 23.7 Å². The summed E-state index contributed by atoms with van der Waals surface area (Å²) in [5, 5.41) is 0.755. The van der Waals surface area contributed by atoms with Gasteiger partial charge in [0.15, 0.2) is 0 Å². The summed E-state index contributed by atoms with van der Waals surface area (Å²) in [7, 11) is 0. The van der Waals surface area contributed by atoms with E-state index in [1.807, 2.05) is 38.1 Å². The molecule has 2 aromatic rings. The number of hydrogen-bond donors (Lipinski definition) is 0. The smallest absolute Gasteiger partial charge is 0.127 e. The summed E-state index contributed by atoms with van der Waals surface area (Å²) in [5.74, 6) is 0.737. The van der Waals surface area contributed by atoms with E-state index in [9.17, 15) is 0 Å². The molecule has 0 aliphatic rings. The Labute approximate surface area is 108 Å². The molecule has 0 saturated heterocycles. The normalized spacial score (nSPS) is 10.5. The molecule has 0 unspecified atom stereocenters. The standard InChI is InChI=1S/C12H10BrClN2/c1-7-3-4-9(5-10(7)14)11-6-12(13)16-8(2)15-11/h3-6H,1-2H3. The first-order valence-electron chi connectivity index (χ1n) is 4.84. The van der Waals surface area contributed by atoms with Crippen LogP contribution >= 0.6 is 27.5 Å². The van der Waals surface area contributed by atoms with Gasteiger partial charge in [-0.15, -0.1) is 0 Å². The third kappa shape index (κ3) is 2.42. The zero-order valence-corrected chi connectivity index (χ0v) is 11.3. The fourth-order valence-electron chi connectivity index (χ4n) is 1.43. The van der Waals surface area contributed by atoms with Crippen LogP contribution in [0.1, 0.15) is 11.4 Å². The lowest BCUT2D eigenvalue weighted by Gasteiger charge is -2.05. The second kappa shape index (κ2) is 4.52. The number of halogens is 2. The first-order valence-corrected chi connectivity index (χ1v) is 6.01. The van der Waals surface area contributed by atoms with Crippen LogP contribution < -0.4 is 0 Å². The SMILES string of the molecule is Cc1nc(Br)cc(-c2ccc(C)c(Cl)c2)n1. The monoisotopic (exact) mass is 296 g/mol. The average molecular weight is 298 g/mol. The van der Waals surface area contributed by atoms with Crippen LogP contribution in [-0.4, -0.2) is 9.97 Å². The van der Waals surface area contributed by atoms with Gasteiger partial charge in [-0.3, -0.25) is 0 Å². The number of aromatic nitrogens is 2. The van der Waals surface area contributed by atoms with Crippen LogP contribution in [0.15, 0.2) is 28.9 Å². The van der Waals surface area contributed by atoms with Crippen molar-refractivity contribution in [2.45, 2.75) is 13.8 Å². The Hall–Kier alpha value is -0.930. The van der Waals surface area contributed by atoms with Crippen LogP contribution in [0.2, 0.25) is 5.02 Å². The molecule has 1 heterocycles. The van der Waals surface area contributed by atoms with Crippen molar-refractivity contribution >= 4 is 27.5 Å². The fourth-order valence-corrected chi connectivity index (χ4v) is 2.09. The minimum Gasteiger partial charge on any atom is -0.233 e. The fraction of sp³-hybridized carbons (Fsp3) is 0.167. The molecule has 1 aromatic heterocycles. The van der Waals surface area contributed by atoms with E-state index < -0.39 is 0 Å². The van der Waals surface area contributed by atoms with Crippen molar-refractivity contribution in [3.63, 3.8) is 0 Å².